The van der Waals surface area contributed by atoms with E-state index in [2.05, 4.69) is 10.3 Å². The predicted octanol–water partition coefficient (Wildman–Crippen LogP) is 6.17. The molecule has 0 bridgehead atoms. The van der Waals surface area contributed by atoms with Crippen molar-refractivity contribution in [1.29, 1.82) is 0 Å². The third-order valence-electron chi connectivity index (χ3n) is 6.78. The van der Waals surface area contributed by atoms with E-state index < -0.39 is 46.2 Å². The van der Waals surface area contributed by atoms with Crippen molar-refractivity contribution in [3.05, 3.63) is 122 Å². The molecule has 0 saturated carbocycles. The number of esters is 1. The lowest BCUT2D eigenvalue weighted by Gasteiger charge is -2.32. The van der Waals surface area contributed by atoms with Crippen molar-refractivity contribution >= 4 is 22.6 Å². The Balaban J connectivity index is 1.44. The van der Waals surface area contributed by atoms with Crippen LogP contribution in [0.1, 0.15) is 35.0 Å². The van der Waals surface area contributed by atoms with Gasteiger partial charge in [-0.2, -0.15) is 13.2 Å². The summed E-state index contributed by atoms with van der Waals surface area (Å²) in [5, 5.41) is 18.8. The molecule has 0 aliphatic carbocycles. The third-order valence-corrected chi connectivity index (χ3v) is 6.78. The molecular formula is C29H20F4N4O6. The molecule has 0 aliphatic rings. The van der Waals surface area contributed by atoms with Gasteiger partial charge in [-0.15, -0.1) is 5.10 Å². The first-order valence-electron chi connectivity index (χ1n) is 12.7. The summed E-state index contributed by atoms with van der Waals surface area (Å²) in [5.41, 5.74) is -3.66. The third kappa shape index (κ3) is 5.71. The molecule has 0 amide bonds. The average Bonchev–Trinajstić information content (AvgIpc) is 3.43. The van der Waals surface area contributed by atoms with E-state index in [9.17, 15) is 37.3 Å². The lowest BCUT2D eigenvalue weighted by molar-refractivity contribution is -0.384. The maximum Gasteiger partial charge on any atom is 0.434 e. The van der Waals surface area contributed by atoms with Crippen molar-refractivity contribution in [3.8, 4) is 11.1 Å². The first kappa shape index (κ1) is 29.1. The zero-order chi connectivity index (χ0) is 30.9. The first-order chi connectivity index (χ1) is 20.4. The Kier molecular flexibility index (Phi) is 7.52. The van der Waals surface area contributed by atoms with Crippen LogP contribution >= 0.6 is 0 Å². The summed E-state index contributed by atoms with van der Waals surface area (Å²) in [6, 6.07) is 15.6. The van der Waals surface area contributed by atoms with Crippen molar-refractivity contribution < 1.29 is 36.4 Å². The number of nitrogens with zero attached hydrogens (tertiary/aromatic N) is 4. The fourth-order valence-corrected chi connectivity index (χ4v) is 4.59. The summed E-state index contributed by atoms with van der Waals surface area (Å²) in [6.45, 7) is 1.07. The Bertz CT molecular complexity index is 1900. The molecule has 2 heterocycles. The van der Waals surface area contributed by atoms with E-state index >= 15 is 0 Å². The maximum absolute atomic E-state index is 14.4. The van der Waals surface area contributed by atoms with Gasteiger partial charge in [0, 0.05) is 23.6 Å². The van der Waals surface area contributed by atoms with Gasteiger partial charge in [0.25, 0.3) is 11.3 Å². The lowest BCUT2D eigenvalue weighted by atomic mass is 9.95. The Labute approximate surface area is 239 Å². The Morgan fingerprint density at radius 1 is 1.07 bits per heavy atom. The van der Waals surface area contributed by atoms with Crippen LogP contribution in [0.2, 0.25) is 0 Å². The minimum absolute atomic E-state index is 0.0925. The number of benzene rings is 3. The van der Waals surface area contributed by atoms with Crippen molar-refractivity contribution in [1.82, 2.24) is 15.0 Å². The lowest BCUT2D eigenvalue weighted by Crippen LogP contribution is -2.46. The summed E-state index contributed by atoms with van der Waals surface area (Å²) < 4.78 is 68.6. The van der Waals surface area contributed by atoms with Crippen molar-refractivity contribution in [3.63, 3.8) is 0 Å². The molecule has 0 saturated heterocycles. The van der Waals surface area contributed by atoms with Gasteiger partial charge in [-0.1, -0.05) is 36.4 Å². The summed E-state index contributed by atoms with van der Waals surface area (Å²) >= 11 is 0. The number of alkyl halides is 3. The molecule has 10 nitrogen and oxygen atoms in total. The van der Waals surface area contributed by atoms with Crippen LogP contribution < -0.4 is 5.63 Å². The molecule has 0 aliphatic heterocycles. The largest absolute Gasteiger partial charge is 0.439 e. The second-order valence-electron chi connectivity index (χ2n) is 9.49. The van der Waals surface area contributed by atoms with Gasteiger partial charge >= 0.3 is 17.8 Å². The monoisotopic (exact) mass is 596 g/mol. The normalized spacial score (nSPS) is 13.0. The number of nitro benzene ring substituents is 1. The van der Waals surface area contributed by atoms with E-state index in [1.165, 1.54) is 30.3 Å². The number of non-ortho nitro benzene ring substituents is 1. The highest BCUT2D eigenvalue weighted by atomic mass is 19.4. The zero-order valence-electron chi connectivity index (χ0n) is 22.2. The van der Waals surface area contributed by atoms with Crippen LogP contribution in [0, 0.1) is 15.9 Å². The van der Waals surface area contributed by atoms with Gasteiger partial charge in [-0.25, -0.2) is 18.7 Å². The summed E-state index contributed by atoms with van der Waals surface area (Å²) in [7, 11) is 0. The van der Waals surface area contributed by atoms with Crippen LogP contribution in [0.5, 0.6) is 0 Å². The van der Waals surface area contributed by atoms with E-state index in [0.717, 1.165) is 42.1 Å². The predicted molar refractivity (Wildman–Crippen MR) is 144 cm³/mol. The summed E-state index contributed by atoms with van der Waals surface area (Å²) in [5.74, 6) is -1.85. The molecule has 2 aromatic heterocycles. The van der Waals surface area contributed by atoms with E-state index in [0.29, 0.717) is 22.1 Å². The minimum atomic E-state index is -5.10. The van der Waals surface area contributed by atoms with Gasteiger partial charge < -0.3 is 9.15 Å². The molecule has 0 fully saturated rings. The van der Waals surface area contributed by atoms with Crippen molar-refractivity contribution in [2.24, 2.45) is 0 Å². The topological polar surface area (TPSA) is 130 Å². The number of halogens is 4. The SMILES string of the molecule is CCC(OC(=O)c1ccc([N+](=O)[O-])cc1)(c1cn(Cc2ccc3c(-c4cccc(F)c4)cc(=O)oc3c2)nn1)C(F)(F)F. The highest BCUT2D eigenvalue weighted by Gasteiger charge is 2.60. The van der Waals surface area contributed by atoms with Gasteiger partial charge in [-0.3, -0.25) is 10.1 Å². The van der Waals surface area contributed by atoms with Crippen LogP contribution in [0.15, 0.2) is 88.2 Å². The number of rotatable bonds is 8. The van der Waals surface area contributed by atoms with Crippen molar-refractivity contribution in [2.45, 2.75) is 31.7 Å². The minimum Gasteiger partial charge on any atom is -0.439 e. The molecule has 0 spiro atoms. The van der Waals surface area contributed by atoms with Crippen LogP contribution in [0.3, 0.4) is 0 Å². The molecule has 14 heteroatoms. The van der Waals surface area contributed by atoms with Gasteiger partial charge in [-0.05, 0) is 53.4 Å². The van der Waals surface area contributed by atoms with Gasteiger partial charge in [0.2, 0.25) is 0 Å². The van der Waals surface area contributed by atoms with Crippen LogP contribution in [-0.2, 0) is 16.9 Å². The molecule has 220 valence electrons. The van der Waals surface area contributed by atoms with Crippen molar-refractivity contribution in [2.75, 3.05) is 0 Å². The van der Waals surface area contributed by atoms with E-state index in [4.69, 9.17) is 9.15 Å². The molecule has 5 aromatic rings. The molecule has 0 radical (unpaired) electrons. The Hall–Kier alpha value is -5.40. The van der Waals surface area contributed by atoms with E-state index in [1.807, 2.05) is 0 Å². The number of aromatic nitrogens is 3. The molecule has 3 aromatic carbocycles. The number of hydrogen-bond acceptors (Lipinski definition) is 8. The molecule has 1 unspecified atom stereocenters. The second-order valence-corrected chi connectivity index (χ2v) is 9.49. The number of nitro groups is 1. The smallest absolute Gasteiger partial charge is 0.434 e. The van der Waals surface area contributed by atoms with Gasteiger partial charge in [0.15, 0.2) is 0 Å². The summed E-state index contributed by atoms with van der Waals surface area (Å²) in [6.07, 6.45) is -4.85. The highest BCUT2D eigenvalue weighted by Crippen LogP contribution is 2.44. The Morgan fingerprint density at radius 3 is 2.47 bits per heavy atom. The Morgan fingerprint density at radius 2 is 1.81 bits per heavy atom. The zero-order valence-corrected chi connectivity index (χ0v) is 22.2. The molecule has 1 atom stereocenters. The number of fused-ring (bicyclic) bond motifs is 1. The summed E-state index contributed by atoms with van der Waals surface area (Å²) in [4.78, 5) is 35.1. The van der Waals surface area contributed by atoms with Crippen LogP contribution in [0.4, 0.5) is 23.2 Å². The number of carbonyl (C=O) groups excluding carboxylic acids is 1. The number of ether oxygens (including phenoxy) is 1. The number of carbonyl (C=O) groups is 1. The molecular weight excluding hydrogens is 576 g/mol. The first-order valence-corrected chi connectivity index (χ1v) is 12.7. The van der Waals surface area contributed by atoms with Gasteiger partial charge in [0.05, 0.1) is 23.2 Å². The van der Waals surface area contributed by atoms with Crippen LogP contribution in [0.25, 0.3) is 22.1 Å². The molecule has 5 rings (SSSR count). The molecule has 0 N–H and O–H groups in total. The number of hydrogen-bond donors (Lipinski definition) is 0. The molecule has 43 heavy (non-hydrogen) atoms. The second kappa shape index (κ2) is 11.1. The van der Waals surface area contributed by atoms with E-state index in [1.54, 1.807) is 18.2 Å². The quantitative estimate of drug-likeness (QED) is 0.0683. The maximum atomic E-state index is 14.4. The standard InChI is InChI=1S/C29H20F4N4O6/c1-2-28(29(31,32)33,43-27(39)18-7-9-21(10-8-18)37(40)41)25-16-36(35-34-25)15-17-6-11-22-23(14-26(38)42-24(22)12-17)19-4-3-5-20(30)13-19/h3-14,16H,2,15H2,1H3. The van der Waals surface area contributed by atoms with Gasteiger partial charge in [0.1, 0.15) is 17.1 Å². The van der Waals surface area contributed by atoms with Crippen LogP contribution in [-0.4, -0.2) is 32.1 Å². The average molecular weight is 596 g/mol. The van der Waals surface area contributed by atoms with E-state index in [-0.39, 0.29) is 23.4 Å². The highest BCUT2D eigenvalue weighted by molar-refractivity contribution is 5.93. The fraction of sp³-hybridized carbons (Fsp3) is 0.172. The fourth-order valence-electron chi connectivity index (χ4n) is 4.59.